The van der Waals surface area contributed by atoms with E-state index in [1.54, 1.807) is 0 Å². The van der Waals surface area contributed by atoms with Crippen molar-refractivity contribution in [2.45, 2.75) is 59.0 Å². The quantitative estimate of drug-likeness (QED) is 0.276. The van der Waals surface area contributed by atoms with Gasteiger partial charge in [-0.25, -0.2) is 0 Å². The van der Waals surface area contributed by atoms with Gasteiger partial charge in [0.2, 0.25) is 0 Å². The third-order valence-corrected chi connectivity index (χ3v) is 3.60. The Bertz CT molecular complexity index is 650. The average molecular weight is 435 g/mol. The number of likely N-dealkylation sites (N-methyl/N-ethyl adjacent to an activating group) is 1. The Morgan fingerprint density at radius 2 is 1.17 bits per heavy atom. The van der Waals surface area contributed by atoms with E-state index in [0.29, 0.717) is 0 Å². The highest BCUT2D eigenvalue weighted by Gasteiger charge is 2.45. The standard InChI is InChI=1S/C17H25NO10S/c1-8(19)24-7-13(25-9(2)20)14(26-10(3)21)15(27-11(4)22)16(17(29)18-6)28-12(5)23/h13-16H,7H2,1-6H3,(H,18,29)/t13-,14-,15+,16-/m1/s1. The largest absolute Gasteiger partial charge is 0.462 e. The van der Waals surface area contributed by atoms with Crippen LogP contribution in [0.2, 0.25) is 0 Å². The minimum absolute atomic E-state index is 0.0577. The van der Waals surface area contributed by atoms with Crippen molar-refractivity contribution in [1.29, 1.82) is 0 Å². The van der Waals surface area contributed by atoms with Crippen molar-refractivity contribution in [3.63, 3.8) is 0 Å². The molecule has 0 rings (SSSR count). The fraction of sp³-hybridized carbons (Fsp3) is 0.647. The first-order valence-electron chi connectivity index (χ1n) is 8.42. The van der Waals surface area contributed by atoms with Crippen LogP contribution in [0, 0.1) is 0 Å². The predicted molar refractivity (Wildman–Crippen MR) is 101 cm³/mol. The van der Waals surface area contributed by atoms with Gasteiger partial charge in [0, 0.05) is 41.7 Å². The number of ether oxygens (including phenoxy) is 5. The molecular formula is C17H25NO10S. The number of carbonyl (C=O) groups excluding carboxylic acids is 5. The summed E-state index contributed by atoms with van der Waals surface area (Å²) in [4.78, 5) is 57.6. The highest BCUT2D eigenvalue weighted by atomic mass is 32.1. The van der Waals surface area contributed by atoms with Gasteiger partial charge in [-0.15, -0.1) is 0 Å². The number of carbonyl (C=O) groups is 5. The number of esters is 5. The second-order valence-electron chi connectivity index (χ2n) is 5.74. The zero-order valence-corrected chi connectivity index (χ0v) is 17.8. The lowest BCUT2D eigenvalue weighted by atomic mass is 10.0. The minimum Gasteiger partial charge on any atom is -0.462 e. The molecule has 0 aliphatic rings. The van der Waals surface area contributed by atoms with Crippen LogP contribution in [0.15, 0.2) is 0 Å². The lowest BCUT2D eigenvalue weighted by molar-refractivity contribution is -0.198. The van der Waals surface area contributed by atoms with Gasteiger partial charge in [-0.2, -0.15) is 0 Å². The molecule has 0 heterocycles. The normalized spacial score (nSPS) is 14.3. The molecule has 0 bridgehead atoms. The molecule has 0 saturated carbocycles. The van der Waals surface area contributed by atoms with Crippen LogP contribution in [0.4, 0.5) is 0 Å². The van der Waals surface area contributed by atoms with E-state index in [2.05, 4.69) is 5.32 Å². The van der Waals surface area contributed by atoms with Crippen molar-refractivity contribution in [3.8, 4) is 0 Å². The van der Waals surface area contributed by atoms with Gasteiger partial charge in [-0.05, 0) is 0 Å². The Morgan fingerprint density at radius 1 is 0.724 bits per heavy atom. The molecule has 164 valence electrons. The van der Waals surface area contributed by atoms with Crippen molar-refractivity contribution in [1.82, 2.24) is 5.32 Å². The molecule has 0 saturated heterocycles. The summed E-state index contributed by atoms with van der Waals surface area (Å²) in [7, 11) is 1.44. The van der Waals surface area contributed by atoms with E-state index in [1.807, 2.05) is 0 Å². The van der Waals surface area contributed by atoms with Gasteiger partial charge in [0.15, 0.2) is 24.4 Å². The minimum atomic E-state index is -1.52. The summed E-state index contributed by atoms with van der Waals surface area (Å²) in [5, 5.41) is 2.59. The molecule has 11 nitrogen and oxygen atoms in total. The molecule has 0 aromatic rings. The second-order valence-corrected chi connectivity index (χ2v) is 6.18. The Hall–Kier alpha value is -2.76. The molecular weight excluding hydrogens is 410 g/mol. The van der Waals surface area contributed by atoms with Crippen LogP contribution in [0.3, 0.4) is 0 Å². The maximum atomic E-state index is 11.7. The highest BCUT2D eigenvalue weighted by molar-refractivity contribution is 7.80. The summed E-state index contributed by atoms with van der Waals surface area (Å²) in [5.41, 5.74) is 0. The van der Waals surface area contributed by atoms with E-state index < -0.39 is 60.9 Å². The number of hydrogen-bond acceptors (Lipinski definition) is 11. The molecule has 0 radical (unpaired) electrons. The zero-order chi connectivity index (χ0) is 22.7. The van der Waals surface area contributed by atoms with Gasteiger partial charge in [-0.1, -0.05) is 12.2 Å². The molecule has 0 spiro atoms. The van der Waals surface area contributed by atoms with Crippen molar-refractivity contribution < 1.29 is 47.7 Å². The summed E-state index contributed by atoms with van der Waals surface area (Å²) in [6.45, 7) is 4.90. The van der Waals surface area contributed by atoms with Crippen molar-refractivity contribution in [3.05, 3.63) is 0 Å². The van der Waals surface area contributed by atoms with Crippen molar-refractivity contribution in [2.75, 3.05) is 13.7 Å². The molecule has 12 heteroatoms. The Kier molecular flexibility index (Phi) is 11.4. The molecule has 1 N–H and O–H groups in total. The Balaban J connectivity index is 6.29. The molecule has 0 amide bonds. The van der Waals surface area contributed by atoms with Crippen LogP contribution in [-0.2, 0) is 47.7 Å². The van der Waals surface area contributed by atoms with Crippen LogP contribution in [0.25, 0.3) is 0 Å². The molecule has 29 heavy (non-hydrogen) atoms. The summed E-state index contributed by atoms with van der Waals surface area (Å²) in [6, 6.07) is 0. The van der Waals surface area contributed by atoms with Gasteiger partial charge >= 0.3 is 29.8 Å². The molecule has 0 fully saturated rings. The third-order valence-electron chi connectivity index (χ3n) is 3.16. The SMILES string of the molecule is CNC(=S)[C@H](OC(C)=O)[C@@H](OC(C)=O)[C@H](OC(C)=O)[C@@H](COC(C)=O)OC(C)=O. The first kappa shape index (κ1) is 26.2. The van der Waals surface area contributed by atoms with Crippen LogP contribution in [0.5, 0.6) is 0 Å². The topological polar surface area (TPSA) is 144 Å². The fourth-order valence-corrected chi connectivity index (χ4v) is 2.42. The van der Waals surface area contributed by atoms with E-state index >= 15 is 0 Å². The molecule has 0 unspecified atom stereocenters. The van der Waals surface area contributed by atoms with Crippen molar-refractivity contribution >= 4 is 47.1 Å². The van der Waals surface area contributed by atoms with Gasteiger partial charge < -0.3 is 29.0 Å². The number of hydrogen-bond donors (Lipinski definition) is 1. The van der Waals surface area contributed by atoms with E-state index in [9.17, 15) is 24.0 Å². The second kappa shape index (κ2) is 12.6. The van der Waals surface area contributed by atoms with Crippen LogP contribution in [0.1, 0.15) is 34.6 Å². The zero-order valence-electron chi connectivity index (χ0n) is 17.0. The van der Waals surface area contributed by atoms with Crippen LogP contribution < -0.4 is 5.32 Å². The smallest absolute Gasteiger partial charge is 0.303 e. The monoisotopic (exact) mass is 435 g/mol. The van der Waals surface area contributed by atoms with Crippen molar-refractivity contribution in [2.24, 2.45) is 0 Å². The van der Waals surface area contributed by atoms with Crippen LogP contribution in [-0.4, -0.2) is 72.9 Å². The maximum absolute atomic E-state index is 11.7. The fourth-order valence-electron chi connectivity index (χ4n) is 2.24. The number of nitrogens with one attached hydrogen (secondary N) is 1. The molecule has 4 atom stereocenters. The number of thiocarbonyl (C=S) groups is 1. The third kappa shape index (κ3) is 10.4. The predicted octanol–water partition coefficient (Wildman–Crippen LogP) is -0.177. The van der Waals surface area contributed by atoms with E-state index in [0.717, 1.165) is 34.6 Å². The van der Waals surface area contributed by atoms with Gasteiger partial charge in [0.1, 0.15) is 11.6 Å². The average Bonchev–Trinajstić information content (AvgIpc) is 2.58. The van der Waals surface area contributed by atoms with E-state index in [-0.39, 0.29) is 4.99 Å². The molecule has 0 aromatic heterocycles. The number of rotatable bonds is 10. The molecule has 0 aliphatic heterocycles. The van der Waals surface area contributed by atoms with Gasteiger partial charge in [0.25, 0.3) is 0 Å². The highest BCUT2D eigenvalue weighted by Crippen LogP contribution is 2.21. The lowest BCUT2D eigenvalue weighted by Gasteiger charge is -2.35. The Morgan fingerprint density at radius 3 is 1.55 bits per heavy atom. The maximum Gasteiger partial charge on any atom is 0.303 e. The Labute approximate surface area is 173 Å². The molecule has 0 aliphatic carbocycles. The van der Waals surface area contributed by atoms with E-state index in [1.165, 1.54) is 7.05 Å². The molecule has 0 aromatic carbocycles. The van der Waals surface area contributed by atoms with Gasteiger partial charge in [0.05, 0.1) is 0 Å². The summed E-state index contributed by atoms with van der Waals surface area (Å²) < 4.78 is 25.5. The van der Waals surface area contributed by atoms with Crippen LogP contribution >= 0.6 is 12.2 Å². The van der Waals surface area contributed by atoms with Gasteiger partial charge in [-0.3, -0.25) is 24.0 Å². The first-order chi connectivity index (χ1) is 13.4. The first-order valence-corrected chi connectivity index (χ1v) is 8.83. The summed E-state index contributed by atoms with van der Waals surface area (Å²) >= 11 is 5.12. The van der Waals surface area contributed by atoms with E-state index in [4.69, 9.17) is 35.9 Å². The summed E-state index contributed by atoms with van der Waals surface area (Å²) in [6.07, 6.45) is -5.81. The summed E-state index contributed by atoms with van der Waals surface area (Å²) in [5.74, 6) is -3.91. The lowest BCUT2D eigenvalue weighted by Crippen LogP contribution is -2.56.